The number of nitrogens with one attached hydrogen (secondary N) is 1. The number of hydrogen-bond donors (Lipinski definition) is 1. The van der Waals surface area contributed by atoms with Crippen LogP contribution in [0.5, 0.6) is 0 Å². The first-order valence-corrected chi connectivity index (χ1v) is 5.08. The van der Waals surface area contributed by atoms with Crippen LogP contribution in [0.15, 0.2) is 24.3 Å². The molecule has 0 atom stereocenters. The van der Waals surface area contributed by atoms with Crippen molar-refractivity contribution in [1.82, 2.24) is 10.2 Å². The van der Waals surface area contributed by atoms with E-state index in [9.17, 15) is 13.2 Å². The van der Waals surface area contributed by atoms with Gasteiger partial charge in [0.25, 0.3) is 0 Å². The van der Waals surface area contributed by atoms with Crippen molar-refractivity contribution in [1.29, 1.82) is 0 Å². The average Bonchev–Trinajstić information content (AvgIpc) is 2.65. The Bertz CT molecular complexity index is 541. The standard InChI is InChI=1S/C12H11F3N2/c1-7-3-4-9(8(2)5-7)10-6-11(17-16-10)12(13,14)15/h3-6H,1-2H3,(H,16,17). The topological polar surface area (TPSA) is 28.7 Å². The van der Waals surface area contributed by atoms with E-state index < -0.39 is 11.9 Å². The Morgan fingerprint density at radius 3 is 2.35 bits per heavy atom. The molecule has 1 heterocycles. The predicted molar refractivity (Wildman–Crippen MR) is 58.5 cm³/mol. The zero-order valence-corrected chi connectivity index (χ0v) is 9.39. The summed E-state index contributed by atoms with van der Waals surface area (Å²) in [6, 6.07) is 6.57. The zero-order chi connectivity index (χ0) is 12.6. The van der Waals surface area contributed by atoms with Crippen molar-refractivity contribution < 1.29 is 13.2 Å². The highest BCUT2D eigenvalue weighted by Gasteiger charge is 2.33. The first-order valence-electron chi connectivity index (χ1n) is 5.08. The minimum absolute atomic E-state index is 0.315. The van der Waals surface area contributed by atoms with E-state index in [1.165, 1.54) is 0 Å². The SMILES string of the molecule is Cc1ccc(-c2cc(C(F)(F)F)[nH]n2)c(C)c1. The molecule has 0 bridgehead atoms. The number of hydrogen-bond acceptors (Lipinski definition) is 1. The lowest BCUT2D eigenvalue weighted by atomic mass is 10.0. The van der Waals surface area contributed by atoms with Crippen molar-refractivity contribution >= 4 is 0 Å². The molecule has 0 aliphatic rings. The Hall–Kier alpha value is -1.78. The molecular weight excluding hydrogens is 229 g/mol. The van der Waals surface area contributed by atoms with Gasteiger partial charge in [-0.15, -0.1) is 0 Å². The second-order valence-electron chi connectivity index (χ2n) is 3.98. The summed E-state index contributed by atoms with van der Waals surface area (Å²) in [5, 5.41) is 5.71. The Morgan fingerprint density at radius 2 is 1.82 bits per heavy atom. The molecule has 0 spiro atoms. The number of nitrogens with zero attached hydrogens (tertiary/aromatic N) is 1. The van der Waals surface area contributed by atoms with Gasteiger partial charge in [0, 0.05) is 5.56 Å². The highest BCUT2D eigenvalue weighted by atomic mass is 19.4. The highest BCUT2D eigenvalue weighted by Crippen LogP contribution is 2.31. The monoisotopic (exact) mass is 240 g/mol. The predicted octanol–water partition coefficient (Wildman–Crippen LogP) is 3.71. The molecule has 0 radical (unpaired) electrons. The van der Waals surface area contributed by atoms with E-state index in [1.807, 2.05) is 31.1 Å². The average molecular weight is 240 g/mol. The van der Waals surface area contributed by atoms with Crippen LogP contribution in [-0.2, 0) is 6.18 Å². The molecule has 0 aliphatic carbocycles. The lowest BCUT2D eigenvalue weighted by Gasteiger charge is -2.03. The number of aromatic amines is 1. The first-order chi connectivity index (χ1) is 7.88. The summed E-state index contributed by atoms with van der Waals surface area (Å²) in [7, 11) is 0. The quantitative estimate of drug-likeness (QED) is 0.808. The second-order valence-corrected chi connectivity index (χ2v) is 3.98. The molecule has 0 amide bonds. The van der Waals surface area contributed by atoms with Gasteiger partial charge in [-0.05, 0) is 25.5 Å². The molecule has 2 nitrogen and oxygen atoms in total. The summed E-state index contributed by atoms with van der Waals surface area (Å²) in [6.07, 6.45) is -4.39. The maximum atomic E-state index is 12.4. The van der Waals surface area contributed by atoms with Crippen LogP contribution in [0.1, 0.15) is 16.8 Å². The molecular formula is C12H11F3N2. The Labute approximate surface area is 96.5 Å². The van der Waals surface area contributed by atoms with Crippen LogP contribution >= 0.6 is 0 Å². The molecule has 90 valence electrons. The van der Waals surface area contributed by atoms with Gasteiger partial charge >= 0.3 is 6.18 Å². The Morgan fingerprint density at radius 1 is 1.12 bits per heavy atom. The van der Waals surface area contributed by atoms with Gasteiger partial charge in [0.2, 0.25) is 0 Å². The van der Waals surface area contributed by atoms with Gasteiger partial charge < -0.3 is 0 Å². The van der Waals surface area contributed by atoms with E-state index in [0.29, 0.717) is 11.3 Å². The van der Waals surface area contributed by atoms with E-state index in [0.717, 1.165) is 17.2 Å². The number of rotatable bonds is 1. The fraction of sp³-hybridized carbons (Fsp3) is 0.250. The molecule has 1 aromatic heterocycles. The zero-order valence-electron chi connectivity index (χ0n) is 9.39. The van der Waals surface area contributed by atoms with Crippen molar-refractivity contribution in [3.8, 4) is 11.3 Å². The van der Waals surface area contributed by atoms with Gasteiger partial charge in [-0.25, -0.2) is 0 Å². The summed E-state index contributed by atoms with van der Waals surface area (Å²) in [4.78, 5) is 0. The maximum absolute atomic E-state index is 12.4. The van der Waals surface area contributed by atoms with Crippen LogP contribution < -0.4 is 0 Å². The van der Waals surface area contributed by atoms with E-state index in [2.05, 4.69) is 5.10 Å². The molecule has 1 aromatic carbocycles. The fourth-order valence-corrected chi connectivity index (χ4v) is 1.71. The van der Waals surface area contributed by atoms with Crippen molar-refractivity contribution in [3.63, 3.8) is 0 Å². The molecule has 0 aliphatic heterocycles. The van der Waals surface area contributed by atoms with Crippen LogP contribution in [-0.4, -0.2) is 10.2 Å². The van der Waals surface area contributed by atoms with Gasteiger partial charge in [0.05, 0.1) is 5.69 Å². The normalized spacial score (nSPS) is 11.8. The minimum atomic E-state index is -4.39. The van der Waals surface area contributed by atoms with Crippen molar-refractivity contribution in [2.75, 3.05) is 0 Å². The summed E-state index contributed by atoms with van der Waals surface area (Å²) < 4.78 is 37.2. The third-order valence-corrected chi connectivity index (χ3v) is 2.54. The third-order valence-electron chi connectivity index (χ3n) is 2.54. The fourth-order valence-electron chi connectivity index (χ4n) is 1.71. The number of halogens is 3. The third kappa shape index (κ3) is 2.33. The first kappa shape index (κ1) is 11.7. The summed E-state index contributed by atoms with van der Waals surface area (Å²) in [5.74, 6) is 0. The van der Waals surface area contributed by atoms with Crippen LogP contribution in [0, 0.1) is 13.8 Å². The van der Waals surface area contributed by atoms with Crippen molar-refractivity contribution in [2.45, 2.75) is 20.0 Å². The molecule has 0 saturated carbocycles. The maximum Gasteiger partial charge on any atom is 0.432 e. The van der Waals surface area contributed by atoms with Gasteiger partial charge in [-0.3, -0.25) is 5.10 Å². The second kappa shape index (κ2) is 3.91. The largest absolute Gasteiger partial charge is 0.432 e. The lowest BCUT2D eigenvalue weighted by molar-refractivity contribution is -0.141. The molecule has 0 unspecified atom stereocenters. The van der Waals surface area contributed by atoms with E-state index >= 15 is 0 Å². The number of benzene rings is 1. The Kier molecular flexibility index (Phi) is 2.69. The van der Waals surface area contributed by atoms with Crippen LogP contribution in [0.25, 0.3) is 11.3 Å². The molecule has 17 heavy (non-hydrogen) atoms. The number of alkyl halides is 3. The molecule has 1 N–H and O–H groups in total. The molecule has 2 aromatic rings. The van der Waals surface area contributed by atoms with E-state index in [1.54, 1.807) is 6.07 Å². The van der Waals surface area contributed by atoms with Crippen LogP contribution in [0.3, 0.4) is 0 Å². The summed E-state index contributed by atoms with van der Waals surface area (Å²) in [5.41, 5.74) is 2.17. The van der Waals surface area contributed by atoms with Crippen LogP contribution in [0.2, 0.25) is 0 Å². The number of aryl methyl sites for hydroxylation is 2. The van der Waals surface area contributed by atoms with Gasteiger partial charge in [0.1, 0.15) is 5.69 Å². The number of aromatic nitrogens is 2. The minimum Gasteiger partial charge on any atom is -0.273 e. The highest BCUT2D eigenvalue weighted by molar-refractivity contribution is 5.64. The van der Waals surface area contributed by atoms with E-state index in [4.69, 9.17) is 0 Å². The smallest absolute Gasteiger partial charge is 0.273 e. The summed E-state index contributed by atoms with van der Waals surface area (Å²) in [6.45, 7) is 3.78. The van der Waals surface area contributed by atoms with E-state index in [-0.39, 0.29) is 0 Å². The molecule has 0 saturated heterocycles. The van der Waals surface area contributed by atoms with Gasteiger partial charge in [0.15, 0.2) is 0 Å². The lowest BCUT2D eigenvalue weighted by Crippen LogP contribution is -2.04. The molecule has 0 fully saturated rings. The van der Waals surface area contributed by atoms with Crippen LogP contribution in [0.4, 0.5) is 13.2 Å². The van der Waals surface area contributed by atoms with Gasteiger partial charge in [-0.1, -0.05) is 23.8 Å². The molecule has 5 heteroatoms. The van der Waals surface area contributed by atoms with Crippen molar-refractivity contribution in [2.24, 2.45) is 0 Å². The van der Waals surface area contributed by atoms with Gasteiger partial charge in [-0.2, -0.15) is 18.3 Å². The molecule has 2 rings (SSSR count). The van der Waals surface area contributed by atoms with Crippen molar-refractivity contribution in [3.05, 3.63) is 41.1 Å². The summed E-state index contributed by atoms with van der Waals surface area (Å²) >= 11 is 0. The number of H-pyrrole nitrogens is 1. The Balaban J connectivity index is 2.44.